The van der Waals surface area contributed by atoms with Crippen LogP contribution in [-0.4, -0.2) is 54.1 Å². The van der Waals surface area contributed by atoms with Crippen LogP contribution in [0.15, 0.2) is 80.8 Å². The van der Waals surface area contributed by atoms with E-state index in [-0.39, 0.29) is 23.3 Å². The molecule has 0 saturated carbocycles. The molecule has 4 rings (SSSR count). The number of carbonyl (C=O) groups is 2. The fraction of sp³-hybridized carbons (Fsp3) is 0.100. The van der Waals surface area contributed by atoms with Crippen LogP contribution in [0.25, 0.3) is 0 Å². The molecule has 168 valence electrons. The number of nitrogens with zero attached hydrogens (tertiary/aromatic N) is 4. The molecule has 4 aromatic rings. The van der Waals surface area contributed by atoms with Crippen molar-refractivity contribution in [1.82, 2.24) is 30.8 Å². The van der Waals surface area contributed by atoms with Crippen LogP contribution in [0.1, 0.15) is 0 Å². The Kier molecular flexibility index (Phi) is 8.00. The second-order valence-corrected chi connectivity index (χ2v) is 9.58. The van der Waals surface area contributed by atoms with Crippen molar-refractivity contribution in [3.8, 4) is 0 Å². The zero-order valence-electron chi connectivity index (χ0n) is 17.0. The Balaban J connectivity index is 1.22. The number of aromatic amines is 2. The summed E-state index contributed by atoms with van der Waals surface area (Å²) in [5.41, 5.74) is 1.46. The zero-order chi connectivity index (χ0) is 22.9. The summed E-state index contributed by atoms with van der Waals surface area (Å²) in [6, 6.07) is 15.2. The molecule has 0 aliphatic rings. The molecule has 0 bridgehead atoms. The van der Waals surface area contributed by atoms with Crippen LogP contribution in [0.5, 0.6) is 0 Å². The lowest BCUT2D eigenvalue weighted by molar-refractivity contribution is -0.114. The lowest BCUT2D eigenvalue weighted by Gasteiger charge is -2.08. The minimum absolute atomic E-state index is 0.111. The molecule has 0 fully saturated rings. The first kappa shape index (κ1) is 22.9. The molecule has 0 aliphatic heterocycles. The third kappa shape index (κ3) is 7.37. The first-order chi connectivity index (χ1) is 16.1. The molecule has 0 atom stereocenters. The van der Waals surface area contributed by atoms with Crippen molar-refractivity contribution in [2.75, 3.05) is 22.1 Å². The number of anilines is 2. The Bertz CT molecular complexity index is 1070. The molecule has 2 amide bonds. The van der Waals surface area contributed by atoms with Gasteiger partial charge in [-0.25, -0.2) is 0 Å². The van der Waals surface area contributed by atoms with Crippen LogP contribution < -0.4 is 10.6 Å². The summed E-state index contributed by atoms with van der Waals surface area (Å²) in [5, 5.41) is 27.3. The van der Waals surface area contributed by atoms with E-state index in [4.69, 9.17) is 0 Å². The highest BCUT2D eigenvalue weighted by molar-refractivity contribution is 8.00. The van der Waals surface area contributed by atoms with E-state index in [1.54, 1.807) is 24.2 Å². The zero-order valence-corrected chi connectivity index (χ0v) is 19.5. The molecule has 33 heavy (non-hydrogen) atoms. The highest BCUT2D eigenvalue weighted by atomic mass is 32.2. The maximum absolute atomic E-state index is 12.1. The fourth-order valence-corrected chi connectivity index (χ4v) is 4.53. The molecule has 13 heteroatoms. The summed E-state index contributed by atoms with van der Waals surface area (Å²) in [6.07, 6.45) is 3.15. The van der Waals surface area contributed by atoms with Crippen LogP contribution in [0, 0.1) is 0 Å². The molecule has 0 saturated heterocycles. The van der Waals surface area contributed by atoms with Crippen molar-refractivity contribution in [1.29, 1.82) is 0 Å². The molecule has 2 heterocycles. The van der Waals surface area contributed by atoms with E-state index in [0.29, 0.717) is 10.1 Å². The van der Waals surface area contributed by atoms with Gasteiger partial charge in [-0.15, -0.1) is 10.2 Å². The van der Waals surface area contributed by atoms with E-state index in [1.807, 2.05) is 48.5 Å². The van der Waals surface area contributed by atoms with Gasteiger partial charge in [0.15, 0.2) is 0 Å². The maximum atomic E-state index is 12.1. The largest absolute Gasteiger partial charge is 0.325 e. The number of hydrogen-bond donors (Lipinski definition) is 4. The van der Waals surface area contributed by atoms with Gasteiger partial charge in [-0.3, -0.25) is 9.59 Å². The van der Waals surface area contributed by atoms with E-state index in [0.717, 1.165) is 21.2 Å². The number of carbonyl (C=O) groups excluding carboxylic acids is 2. The predicted octanol–water partition coefficient (Wildman–Crippen LogP) is 3.54. The lowest BCUT2D eigenvalue weighted by atomic mass is 10.3. The van der Waals surface area contributed by atoms with Gasteiger partial charge in [0, 0.05) is 21.2 Å². The van der Waals surface area contributed by atoms with E-state index in [9.17, 15) is 9.59 Å². The summed E-state index contributed by atoms with van der Waals surface area (Å²) in [4.78, 5) is 26.2. The Morgan fingerprint density at radius 1 is 0.697 bits per heavy atom. The molecule has 0 spiro atoms. The minimum Gasteiger partial charge on any atom is -0.325 e. The van der Waals surface area contributed by atoms with E-state index >= 15 is 0 Å². The summed E-state index contributed by atoms with van der Waals surface area (Å²) in [7, 11) is 0. The van der Waals surface area contributed by atoms with Crippen molar-refractivity contribution in [2.24, 2.45) is 0 Å². The number of aromatic nitrogens is 6. The van der Waals surface area contributed by atoms with Crippen molar-refractivity contribution in [3.05, 3.63) is 60.9 Å². The van der Waals surface area contributed by atoms with Gasteiger partial charge in [-0.05, 0) is 48.5 Å². The number of thioether (sulfide) groups is 2. The molecule has 4 N–H and O–H groups in total. The van der Waals surface area contributed by atoms with Gasteiger partial charge < -0.3 is 10.6 Å². The van der Waals surface area contributed by atoms with Crippen molar-refractivity contribution < 1.29 is 9.59 Å². The highest BCUT2D eigenvalue weighted by Gasteiger charge is 2.07. The van der Waals surface area contributed by atoms with Crippen LogP contribution in [-0.2, 0) is 9.59 Å². The Hall–Kier alpha value is -3.29. The quantitative estimate of drug-likeness (QED) is 0.242. The maximum Gasteiger partial charge on any atom is 0.234 e. The average Bonchev–Trinajstić information content (AvgIpc) is 3.53. The monoisotopic (exact) mass is 498 g/mol. The molecule has 2 aromatic carbocycles. The standard InChI is InChI=1S/C20H18N8O2S3/c29-17(11-31-19-9-21-27-25-19)23-13-1-5-15(6-2-13)33-16-7-3-14(4-8-16)24-18(30)12-32-20-10-22-28-26-20/h1-10H,11-12H2,(H,23,29)(H,24,30)(H,21,25,27)(H,22,26,28). The molecule has 2 aromatic heterocycles. The third-order valence-electron chi connectivity index (χ3n) is 4.00. The molecule has 10 nitrogen and oxygen atoms in total. The number of nitrogens with one attached hydrogen (secondary N) is 4. The molecular formula is C20H18N8O2S3. The first-order valence-corrected chi connectivity index (χ1v) is 12.4. The summed E-state index contributed by atoms with van der Waals surface area (Å²) < 4.78 is 0. The van der Waals surface area contributed by atoms with Crippen molar-refractivity contribution >= 4 is 58.5 Å². The van der Waals surface area contributed by atoms with Crippen LogP contribution in [0.4, 0.5) is 11.4 Å². The Morgan fingerprint density at radius 3 is 1.48 bits per heavy atom. The van der Waals surface area contributed by atoms with Gasteiger partial charge in [0.25, 0.3) is 0 Å². The average molecular weight is 499 g/mol. The van der Waals surface area contributed by atoms with E-state index in [2.05, 4.69) is 41.5 Å². The molecule has 0 radical (unpaired) electrons. The van der Waals surface area contributed by atoms with Gasteiger partial charge >= 0.3 is 0 Å². The second-order valence-electron chi connectivity index (χ2n) is 6.44. The normalized spacial score (nSPS) is 10.7. The van der Waals surface area contributed by atoms with E-state index in [1.165, 1.54) is 23.5 Å². The molecule has 0 unspecified atom stereocenters. The van der Waals surface area contributed by atoms with Crippen LogP contribution >= 0.6 is 35.3 Å². The Labute approximate surface area is 201 Å². The van der Waals surface area contributed by atoms with Gasteiger partial charge in [-0.2, -0.15) is 20.6 Å². The minimum atomic E-state index is -0.111. The number of benzene rings is 2. The molecule has 0 aliphatic carbocycles. The first-order valence-electron chi connectivity index (χ1n) is 9.59. The number of rotatable bonds is 10. The SMILES string of the molecule is O=C(CSc1cn[nH]n1)Nc1ccc(Sc2ccc(NC(=O)CSc3cn[nH]n3)cc2)cc1. The predicted molar refractivity (Wildman–Crippen MR) is 128 cm³/mol. The smallest absolute Gasteiger partial charge is 0.234 e. The lowest BCUT2D eigenvalue weighted by Crippen LogP contribution is -2.13. The fourth-order valence-electron chi connectivity index (χ4n) is 2.54. The van der Waals surface area contributed by atoms with Gasteiger partial charge in [0.2, 0.25) is 11.8 Å². The third-order valence-corrected chi connectivity index (χ3v) is 6.81. The van der Waals surface area contributed by atoms with Crippen LogP contribution in [0.3, 0.4) is 0 Å². The Morgan fingerprint density at radius 2 is 1.12 bits per heavy atom. The van der Waals surface area contributed by atoms with Gasteiger partial charge in [0.1, 0.15) is 10.1 Å². The van der Waals surface area contributed by atoms with Crippen LogP contribution in [0.2, 0.25) is 0 Å². The molecular weight excluding hydrogens is 480 g/mol. The number of hydrogen-bond acceptors (Lipinski definition) is 9. The van der Waals surface area contributed by atoms with E-state index < -0.39 is 0 Å². The van der Waals surface area contributed by atoms with Gasteiger partial charge in [-0.1, -0.05) is 35.3 Å². The summed E-state index contributed by atoms with van der Waals surface area (Å²) in [5.74, 6) is 0.288. The number of H-pyrrole nitrogens is 2. The topological polar surface area (TPSA) is 141 Å². The summed E-state index contributed by atoms with van der Waals surface area (Å²) >= 11 is 4.21. The summed E-state index contributed by atoms with van der Waals surface area (Å²) in [6.45, 7) is 0. The second kappa shape index (κ2) is 11.5. The highest BCUT2D eigenvalue weighted by Crippen LogP contribution is 2.29. The van der Waals surface area contributed by atoms with Gasteiger partial charge in [0.05, 0.1) is 23.9 Å². The number of amides is 2. The van der Waals surface area contributed by atoms with Crippen molar-refractivity contribution in [2.45, 2.75) is 19.8 Å². The van der Waals surface area contributed by atoms with Crippen molar-refractivity contribution in [3.63, 3.8) is 0 Å².